The number of nitrogen functional groups attached to an aromatic ring is 1. The molecule has 0 aliphatic carbocycles. The maximum Gasteiger partial charge on any atom is 0.335 e. The molecule has 0 amide bonds. The van der Waals surface area contributed by atoms with Crippen LogP contribution in [0.15, 0.2) is 18.2 Å². The molecular formula is C12H15NO5S. The normalized spacial score (nSPS) is 13.8. The first kappa shape index (κ1) is 15.5. The number of carbonyl (C=O) groups is 2. The van der Waals surface area contributed by atoms with Crippen LogP contribution in [0.1, 0.15) is 28.9 Å². The lowest BCUT2D eigenvalue weighted by atomic mass is 10.0. The van der Waals surface area contributed by atoms with Crippen LogP contribution in [0.5, 0.6) is 0 Å². The Morgan fingerprint density at radius 3 is 2.53 bits per heavy atom. The van der Waals surface area contributed by atoms with Crippen LogP contribution >= 0.6 is 11.8 Å². The summed E-state index contributed by atoms with van der Waals surface area (Å²) in [5.41, 5.74) is 5.93. The Hall–Kier alpha value is -1.57. The Labute approximate surface area is 114 Å². The molecule has 5 N–H and O–H groups in total. The van der Waals surface area contributed by atoms with Crippen molar-refractivity contribution in [2.75, 3.05) is 11.5 Å². The SMILES string of the molecule is CC(=O)SCC(O)C(O)c1cc(C(=O)O)ccc1N. The summed E-state index contributed by atoms with van der Waals surface area (Å²) in [6.07, 6.45) is -2.55. The van der Waals surface area contributed by atoms with Crippen molar-refractivity contribution in [3.63, 3.8) is 0 Å². The van der Waals surface area contributed by atoms with E-state index < -0.39 is 18.2 Å². The van der Waals surface area contributed by atoms with Gasteiger partial charge >= 0.3 is 5.97 Å². The van der Waals surface area contributed by atoms with Crippen molar-refractivity contribution in [2.24, 2.45) is 0 Å². The number of anilines is 1. The van der Waals surface area contributed by atoms with Crippen LogP contribution in [0.3, 0.4) is 0 Å². The highest BCUT2D eigenvalue weighted by atomic mass is 32.2. The van der Waals surface area contributed by atoms with E-state index in [0.717, 1.165) is 11.8 Å². The van der Waals surface area contributed by atoms with E-state index in [9.17, 15) is 19.8 Å². The first-order valence-corrected chi connectivity index (χ1v) is 6.43. The van der Waals surface area contributed by atoms with E-state index in [-0.39, 0.29) is 27.7 Å². The standard InChI is InChI=1S/C12H15NO5S/c1-6(14)19-5-10(15)11(16)8-4-7(12(17)18)2-3-9(8)13/h2-4,10-11,15-16H,5,13H2,1H3,(H,17,18). The smallest absolute Gasteiger partial charge is 0.335 e. The Morgan fingerprint density at radius 1 is 1.37 bits per heavy atom. The molecule has 0 bridgehead atoms. The summed E-state index contributed by atoms with van der Waals surface area (Å²) in [6, 6.07) is 3.88. The summed E-state index contributed by atoms with van der Waals surface area (Å²) in [5, 5.41) is 28.4. The van der Waals surface area contributed by atoms with Gasteiger partial charge in [-0.05, 0) is 18.2 Å². The number of aromatic carboxylic acids is 1. The quantitative estimate of drug-likeness (QED) is 0.586. The maximum atomic E-state index is 10.8. The maximum absolute atomic E-state index is 10.8. The molecule has 1 aromatic carbocycles. The van der Waals surface area contributed by atoms with Gasteiger partial charge in [-0.15, -0.1) is 0 Å². The zero-order valence-electron chi connectivity index (χ0n) is 10.2. The highest BCUT2D eigenvalue weighted by Crippen LogP contribution is 2.26. The number of carboxylic acid groups (broad SMARTS) is 1. The minimum absolute atomic E-state index is 0.00718. The van der Waals surface area contributed by atoms with Crippen molar-refractivity contribution in [3.05, 3.63) is 29.3 Å². The number of benzene rings is 1. The Kier molecular flexibility index (Phi) is 5.34. The van der Waals surface area contributed by atoms with Gasteiger partial charge in [0, 0.05) is 23.9 Å². The van der Waals surface area contributed by atoms with Gasteiger partial charge in [0.2, 0.25) is 0 Å². The van der Waals surface area contributed by atoms with E-state index >= 15 is 0 Å². The first-order chi connectivity index (χ1) is 8.82. The molecular weight excluding hydrogens is 270 g/mol. The van der Waals surface area contributed by atoms with Gasteiger partial charge in [-0.2, -0.15) is 0 Å². The number of carbonyl (C=O) groups excluding carboxylic acids is 1. The van der Waals surface area contributed by atoms with Crippen molar-refractivity contribution in [1.82, 2.24) is 0 Å². The van der Waals surface area contributed by atoms with E-state index in [1.165, 1.54) is 25.1 Å². The third-order valence-corrected chi connectivity index (χ3v) is 3.39. The Morgan fingerprint density at radius 2 is 2.00 bits per heavy atom. The van der Waals surface area contributed by atoms with Gasteiger partial charge in [0.15, 0.2) is 5.12 Å². The molecule has 0 radical (unpaired) electrons. The van der Waals surface area contributed by atoms with Crippen LogP contribution in [0.25, 0.3) is 0 Å². The summed E-state index contributed by atoms with van der Waals surface area (Å²) in [5.74, 6) is -1.14. The van der Waals surface area contributed by atoms with E-state index in [4.69, 9.17) is 10.8 Å². The minimum Gasteiger partial charge on any atom is -0.478 e. The van der Waals surface area contributed by atoms with Crippen LogP contribution in [0.2, 0.25) is 0 Å². The zero-order valence-corrected chi connectivity index (χ0v) is 11.1. The second-order valence-electron chi connectivity index (χ2n) is 3.96. The lowest BCUT2D eigenvalue weighted by Gasteiger charge is -2.19. The summed E-state index contributed by atoms with van der Waals surface area (Å²) in [6.45, 7) is 1.35. The number of aliphatic hydroxyl groups excluding tert-OH is 2. The molecule has 2 unspecified atom stereocenters. The van der Waals surface area contributed by atoms with Crippen molar-refractivity contribution in [2.45, 2.75) is 19.1 Å². The van der Waals surface area contributed by atoms with E-state index in [0.29, 0.717) is 0 Å². The molecule has 0 saturated carbocycles. The third-order valence-electron chi connectivity index (χ3n) is 2.47. The number of rotatable bonds is 5. The van der Waals surface area contributed by atoms with Crippen LogP contribution in [0.4, 0.5) is 5.69 Å². The predicted molar refractivity (Wildman–Crippen MR) is 71.9 cm³/mol. The molecule has 0 aliphatic rings. The van der Waals surface area contributed by atoms with Crippen LogP contribution in [0, 0.1) is 0 Å². The topological polar surface area (TPSA) is 121 Å². The average Bonchev–Trinajstić information content (AvgIpc) is 2.35. The highest BCUT2D eigenvalue weighted by Gasteiger charge is 2.22. The molecule has 104 valence electrons. The van der Waals surface area contributed by atoms with Crippen LogP contribution < -0.4 is 5.73 Å². The van der Waals surface area contributed by atoms with Crippen molar-refractivity contribution in [1.29, 1.82) is 0 Å². The number of aliphatic hydroxyl groups is 2. The van der Waals surface area contributed by atoms with Crippen LogP contribution in [-0.4, -0.2) is 38.3 Å². The molecule has 1 rings (SSSR count). The molecule has 0 saturated heterocycles. The Balaban J connectivity index is 2.91. The van der Waals surface area contributed by atoms with Gasteiger partial charge in [0.05, 0.1) is 11.7 Å². The molecule has 2 atom stereocenters. The zero-order chi connectivity index (χ0) is 14.6. The molecule has 0 aliphatic heterocycles. The number of hydrogen-bond donors (Lipinski definition) is 4. The van der Waals surface area contributed by atoms with Gasteiger partial charge in [0.1, 0.15) is 6.10 Å². The van der Waals surface area contributed by atoms with Crippen LogP contribution in [-0.2, 0) is 4.79 Å². The lowest BCUT2D eigenvalue weighted by molar-refractivity contribution is -0.109. The van der Waals surface area contributed by atoms with E-state index in [2.05, 4.69) is 0 Å². The number of nitrogens with two attached hydrogens (primary N) is 1. The second-order valence-corrected chi connectivity index (χ2v) is 5.16. The van der Waals surface area contributed by atoms with E-state index in [1.807, 2.05) is 0 Å². The average molecular weight is 285 g/mol. The van der Waals surface area contributed by atoms with Gasteiger partial charge in [-0.3, -0.25) is 4.79 Å². The number of hydrogen-bond acceptors (Lipinski definition) is 6. The third kappa shape index (κ3) is 4.23. The monoisotopic (exact) mass is 285 g/mol. The van der Waals surface area contributed by atoms with Crippen molar-refractivity contribution < 1.29 is 24.9 Å². The van der Waals surface area contributed by atoms with Gasteiger partial charge in [-0.1, -0.05) is 11.8 Å². The molecule has 0 heterocycles. The molecule has 7 heteroatoms. The fraction of sp³-hybridized carbons (Fsp3) is 0.333. The summed E-state index contributed by atoms with van der Waals surface area (Å²) < 4.78 is 0. The van der Waals surface area contributed by atoms with Gasteiger partial charge in [0.25, 0.3) is 0 Å². The fourth-order valence-corrected chi connectivity index (χ4v) is 2.05. The fourth-order valence-electron chi connectivity index (χ4n) is 1.47. The van der Waals surface area contributed by atoms with Gasteiger partial charge < -0.3 is 21.1 Å². The largest absolute Gasteiger partial charge is 0.478 e. The molecule has 0 fully saturated rings. The number of thioether (sulfide) groups is 1. The minimum atomic E-state index is -1.34. The Bertz CT molecular complexity index is 491. The predicted octanol–water partition coefficient (Wildman–Crippen LogP) is 0.641. The molecule has 6 nitrogen and oxygen atoms in total. The summed E-state index contributed by atoms with van der Waals surface area (Å²) >= 11 is 0.873. The number of carboxylic acids is 1. The second kappa shape index (κ2) is 6.55. The molecule has 0 spiro atoms. The summed E-state index contributed by atoms with van der Waals surface area (Å²) in [4.78, 5) is 21.6. The molecule has 1 aromatic rings. The summed E-state index contributed by atoms with van der Waals surface area (Å²) in [7, 11) is 0. The van der Waals surface area contributed by atoms with Crippen molar-refractivity contribution >= 4 is 28.5 Å². The lowest BCUT2D eigenvalue weighted by Crippen LogP contribution is -2.22. The molecule has 19 heavy (non-hydrogen) atoms. The highest BCUT2D eigenvalue weighted by molar-refractivity contribution is 8.13. The van der Waals surface area contributed by atoms with Gasteiger partial charge in [-0.25, -0.2) is 4.79 Å². The van der Waals surface area contributed by atoms with Crippen molar-refractivity contribution in [3.8, 4) is 0 Å². The van der Waals surface area contributed by atoms with E-state index in [1.54, 1.807) is 0 Å². The molecule has 0 aromatic heterocycles. The first-order valence-electron chi connectivity index (χ1n) is 5.45.